The molecule has 0 fully saturated rings. The zero-order chi connectivity index (χ0) is 13.2. The van der Waals surface area contributed by atoms with Crippen LogP contribution in [0.4, 0.5) is 0 Å². The molecular formula is C17H21Br. The van der Waals surface area contributed by atoms with Crippen molar-refractivity contribution in [2.45, 2.75) is 33.1 Å². The number of rotatable bonds is 3. The summed E-state index contributed by atoms with van der Waals surface area (Å²) in [6.45, 7) is 4.42. The summed E-state index contributed by atoms with van der Waals surface area (Å²) in [7, 11) is 0. The van der Waals surface area contributed by atoms with E-state index in [1.165, 1.54) is 30.4 Å². The van der Waals surface area contributed by atoms with Gasteiger partial charge in [0.05, 0.1) is 0 Å². The van der Waals surface area contributed by atoms with E-state index in [9.17, 15) is 0 Å². The van der Waals surface area contributed by atoms with Gasteiger partial charge in [0.2, 0.25) is 0 Å². The van der Waals surface area contributed by atoms with Crippen molar-refractivity contribution in [1.29, 1.82) is 0 Å². The van der Waals surface area contributed by atoms with Gasteiger partial charge in [-0.05, 0) is 23.3 Å². The highest BCUT2D eigenvalue weighted by Crippen LogP contribution is 2.20. The molecule has 0 saturated carbocycles. The molecule has 0 saturated heterocycles. The second-order valence-electron chi connectivity index (χ2n) is 4.23. The van der Waals surface area contributed by atoms with E-state index in [1.54, 1.807) is 0 Å². The minimum Gasteiger partial charge on any atom is -0.0654 e. The Bertz CT molecular complexity index is 415. The molecule has 0 aromatic heterocycles. The first kappa shape index (κ1) is 15.0. The van der Waals surface area contributed by atoms with Gasteiger partial charge in [0.25, 0.3) is 0 Å². The van der Waals surface area contributed by atoms with E-state index in [0.717, 1.165) is 4.47 Å². The Morgan fingerprint density at radius 1 is 0.722 bits per heavy atom. The first-order chi connectivity index (χ1) is 8.77. The molecule has 2 aromatic rings. The van der Waals surface area contributed by atoms with Gasteiger partial charge in [-0.25, -0.2) is 0 Å². The molecule has 18 heavy (non-hydrogen) atoms. The highest BCUT2D eigenvalue weighted by molar-refractivity contribution is 9.10. The molecule has 0 heterocycles. The number of hydrogen-bond donors (Lipinski definition) is 0. The van der Waals surface area contributed by atoms with Crippen molar-refractivity contribution in [3.8, 4) is 11.1 Å². The topological polar surface area (TPSA) is 0 Å². The maximum Gasteiger partial charge on any atom is 0.0175 e. The lowest BCUT2D eigenvalue weighted by atomic mass is 10.1. The Morgan fingerprint density at radius 2 is 1.22 bits per heavy atom. The van der Waals surface area contributed by atoms with E-state index in [-0.39, 0.29) is 0 Å². The van der Waals surface area contributed by atoms with Crippen LogP contribution in [-0.4, -0.2) is 0 Å². The van der Waals surface area contributed by atoms with E-state index in [4.69, 9.17) is 0 Å². The molecule has 96 valence electrons. The molecule has 0 spiro atoms. The van der Waals surface area contributed by atoms with Gasteiger partial charge in [-0.1, -0.05) is 91.5 Å². The fourth-order valence-electron chi connectivity index (χ4n) is 1.63. The average molecular weight is 305 g/mol. The Balaban J connectivity index is 0.000000280. The van der Waals surface area contributed by atoms with E-state index in [1.807, 2.05) is 6.07 Å². The highest BCUT2D eigenvalue weighted by atomic mass is 79.9. The fraction of sp³-hybridized carbons (Fsp3) is 0.294. The molecular weight excluding hydrogens is 284 g/mol. The summed E-state index contributed by atoms with van der Waals surface area (Å²) in [5.41, 5.74) is 2.51. The van der Waals surface area contributed by atoms with Crippen molar-refractivity contribution in [2.75, 3.05) is 0 Å². The first-order valence-corrected chi connectivity index (χ1v) is 7.38. The normalized spacial score (nSPS) is 9.50. The van der Waals surface area contributed by atoms with E-state index < -0.39 is 0 Å². The molecule has 0 aliphatic rings. The lowest BCUT2D eigenvalue weighted by molar-refractivity contribution is 0.772. The minimum absolute atomic E-state index is 1.12. The Hall–Kier alpha value is -1.08. The fourth-order valence-corrected chi connectivity index (χ4v) is 1.89. The summed E-state index contributed by atoms with van der Waals surface area (Å²) in [4.78, 5) is 0. The molecule has 2 rings (SSSR count). The molecule has 0 aliphatic heterocycles. The third-order valence-corrected chi connectivity index (χ3v) is 3.19. The van der Waals surface area contributed by atoms with Gasteiger partial charge in [0, 0.05) is 4.47 Å². The monoisotopic (exact) mass is 304 g/mol. The molecule has 0 unspecified atom stereocenters. The van der Waals surface area contributed by atoms with Crippen molar-refractivity contribution < 1.29 is 0 Å². The van der Waals surface area contributed by atoms with Gasteiger partial charge in [-0.3, -0.25) is 0 Å². The second-order valence-corrected chi connectivity index (χ2v) is 5.14. The number of halogens is 1. The van der Waals surface area contributed by atoms with Crippen LogP contribution in [0.5, 0.6) is 0 Å². The molecule has 2 aromatic carbocycles. The molecule has 0 nitrogen and oxygen atoms in total. The van der Waals surface area contributed by atoms with Crippen molar-refractivity contribution >= 4 is 15.9 Å². The van der Waals surface area contributed by atoms with Crippen molar-refractivity contribution in [2.24, 2.45) is 0 Å². The largest absolute Gasteiger partial charge is 0.0654 e. The summed E-state index contributed by atoms with van der Waals surface area (Å²) < 4.78 is 1.12. The quantitative estimate of drug-likeness (QED) is 0.623. The molecule has 1 heteroatoms. The van der Waals surface area contributed by atoms with Gasteiger partial charge >= 0.3 is 0 Å². The van der Waals surface area contributed by atoms with Crippen LogP contribution in [0.2, 0.25) is 0 Å². The van der Waals surface area contributed by atoms with Crippen LogP contribution in [0.3, 0.4) is 0 Å². The maximum atomic E-state index is 3.42. The van der Waals surface area contributed by atoms with E-state index in [0.29, 0.717) is 0 Å². The van der Waals surface area contributed by atoms with E-state index >= 15 is 0 Å². The third-order valence-electron chi connectivity index (χ3n) is 2.66. The third kappa shape index (κ3) is 5.50. The molecule has 0 aliphatic carbocycles. The van der Waals surface area contributed by atoms with Crippen molar-refractivity contribution in [3.05, 3.63) is 59.1 Å². The molecule has 0 radical (unpaired) electrons. The number of unbranched alkanes of at least 4 members (excludes halogenated alkanes) is 2. The summed E-state index contributed by atoms with van der Waals surface area (Å²) in [5, 5.41) is 0. The molecule has 0 amide bonds. The molecule has 0 atom stereocenters. The zero-order valence-corrected chi connectivity index (χ0v) is 12.8. The van der Waals surface area contributed by atoms with Crippen LogP contribution < -0.4 is 0 Å². The summed E-state index contributed by atoms with van der Waals surface area (Å²) in [5.74, 6) is 0. The number of hydrogen-bond acceptors (Lipinski definition) is 0. The van der Waals surface area contributed by atoms with Gasteiger partial charge in [0.1, 0.15) is 0 Å². The Morgan fingerprint density at radius 3 is 1.67 bits per heavy atom. The summed E-state index contributed by atoms with van der Waals surface area (Å²) in [6.07, 6.45) is 4.08. The SMILES string of the molecule is Brc1ccc(-c2ccccc2)cc1.CCCCC. The summed E-state index contributed by atoms with van der Waals surface area (Å²) in [6, 6.07) is 18.7. The smallest absolute Gasteiger partial charge is 0.0175 e. The first-order valence-electron chi connectivity index (χ1n) is 6.59. The van der Waals surface area contributed by atoms with Gasteiger partial charge in [0.15, 0.2) is 0 Å². The number of benzene rings is 2. The van der Waals surface area contributed by atoms with Crippen LogP contribution in [0.1, 0.15) is 33.1 Å². The highest BCUT2D eigenvalue weighted by Gasteiger charge is 1.94. The zero-order valence-electron chi connectivity index (χ0n) is 11.2. The lowest BCUT2D eigenvalue weighted by Gasteiger charge is -2.00. The Kier molecular flexibility index (Phi) is 7.43. The Labute approximate surface area is 119 Å². The predicted octanol–water partition coefficient (Wildman–Crippen LogP) is 6.31. The summed E-state index contributed by atoms with van der Waals surface area (Å²) >= 11 is 3.42. The molecule has 0 bridgehead atoms. The second kappa shape index (κ2) is 8.93. The minimum atomic E-state index is 1.12. The predicted molar refractivity (Wildman–Crippen MR) is 84.8 cm³/mol. The standard InChI is InChI=1S/C12H9Br.C5H12/c13-12-8-6-11(7-9-12)10-4-2-1-3-5-10;1-3-5-4-2/h1-9H;3-5H2,1-2H3. The molecule has 0 N–H and O–H groups in total. The van der Waals surface area contributed by atoms with Crippen LogP contribution in [0.25, 0.3) is 11.1 Å². The van der Waals surface area contributed by atoms with Crippen molar-refractivity contribution in [1.82, 2.24) is 0 Å². The van der Waals surface area contributed by atoms with Crippen LogP contribution in [0.15, 0.2) is 59.1 Å². The van der Waals surface area contributed by atoms with Crippen molar-refractivity contribution in [3.63, 3.8) is 0 Å². The average Bonchev–Trinajstić information content (AvgIpc) is 2.42. The van der Waals surface area contributed by atoms with Gasteiger partial charge in [-0.15, -0.1) is 0 Å². The van der Waals surface area contributed by atoms with Gasteiger partial charge < -0.3 is 0 Å². The lowest BCUT2D eigenvalue weighted by Crippen LogP contribution is -1.75. The maximum absolute atomic E-state index is 3.42. The van der Waals surface area contributed by atoms with Crippen LogP contribution in [0, 0.1) is 0 Å². The van der Waals surface area contributed by atoms with Gasteiger partial charge in [-0.2, -0.15) is 0 Å². The van der Waals surface area contributed by atoms with E-state index in [2.05, 4.69) is 78.3 Å². The van der Waals surface area contributed by atoms with Crippen LogP contribution in [-0.2, 0) is 0 Å². The van der Waals surface area contributed by atoms with Crippen LogP contribution >= 0.6 is 15.9 Å².